The van der Waals surface area contributed by atoms with Crippen LogP contribution in [0.3, 0.4) is 0 Å². The lowest BCUT2D eigenvalue weighted by atomic mass is 9.88. The van der Waals surface area contributed by atoms with Crippen LogP contribution in [0.4, 0.5) is 0 Å². The normalized spacial score (nSPS) is 31.1. The summed E-state index contributed by atoms with van der Waals surface area (Å²) in [6.07, 6.45) is 6.38. The van der Waals surface area contributed by atoms with E-state index in [1.807, 2.05) is 0 Å². The Hall–Kier alpha value is -1.09. The average Bonchev–Trinajstić information content (AvgIpc) is 3.31. The molecular formula is C18H29N3. The molecule has 4 fully saturated rings. The number of rotatable bonds is 5. The molecule has 1 saturated carbocycles. The van der Waals surface area contributed by atoms with E-state index in [1.165, 1.54) is 30.4 Å². The van der Waals surface area contributed by atoms with Crippen molar-refractivity contribution in [3.63, 3.8) is 0 Å². The number of aliphatic imine (C=N–C) groups is 1. The summed E-state index contributed by atoms with van der Waals surface area (Å²) in [5.74, 6) is 2.48. The van der Waals surface area contributed by atoms with Gasteiger partial charge in [-0.2, -0.15) is 0 Å². The molecule has 1 aliphatic carbocycles. The molecule has 3 aliphatic heterocycles. The standard InChI is InChI=1S/C18H29N3/c1-12(2)13(3)17(14-6-7-14)9-18(19-4)21-10-15-8-16(11-21)20(15)5/h9,12,14-16H,4,6-8,10-11H2,1-3,5H3/b17-13-,18-9+. The van der Waals surface area contributed by atoms with E-state index in [-0.39, 0.29) is 0 Å². The second-order valence-electron chi connectivity index (χ2n) is 7.34. The van der Waals surface area contributed by atoms with Crippen molar-refractivity contribution in [1.29, 1.82) is 0 Å². The van der Waals surface area contributed by atoms with Gasteiger partial charge in [-0.15, -0.1) is 0 Å². The van der Waals surface area contributed by atoms with E-state index in [1.54, 1.807) is 0 Å². The van der Waals surface area contributed by atoms with Gasteiger partial charge >= 0.3 is 0 Å². The van der Waals surface area contributed by atoms with Gasteiger partial charge in [0.1, 0.15) is 5.82 Å². The molecule has 0 aromatic heterocycles. The van der Waals surface area contributed by atoms with Crippen LogP contribution in [0.25, 0.3) is 0 Å². The zero-order valence-electron chi connectivity index (χ0n) is 14.0. The van der Waals surface area contributed by atoms with Crippen molar-refractivity contribution in [2.45, 2.75) is 52.1 Å². The summed E-state index contributed by atoms with van der Waals surface area (Å²) in [7, 11) is 2.25. The predicted octanol–water partition coefficient (Wildman–Crippen LogP) is 3.30. The highest BCUT2D eigenvalue weighted by molar-refractivity contribution is 5.37. The van der Waals surface area contributed by atoms with Crippen molar-refractivity contribution in [3.8, 4) is 0 Å². The average molecular weight is 287 g/mol. The van der Waals surface area contributed by atoms with Crippen LogP contribution in [-0.4, -0.2) is 48.7 Å². The first-order valence-electron chi connectivity index (χ1n) is 8.37. The van der Waals surface area contributed by atoms with Crippen LogP contribution in [0.15, 0.2) is 28.0 Å². The number of hydrogen-bond donors (Lipinski definition) is 0. The number of hydrogen-bond acceptors (Lipinski definition) is 3. The summed E-state index contributed by atoms with van der Waals surface area (Å²) in [5.41, 5.74) is 3.05. The minimum atomic E-state index is 0.615. The first-order valence-corrected chi connectivity index (χ1v) is 8.37. The molecule has 2 unspecified atom stereocenters. The number of fused-ring (bicyclic) bond motifs is 2. The molecule has 2 atom stereocenters. The lowest BCUT2D eigenvalue weighted by Gasteiger charge is -2.55. The fourth-order valence-corrected chi connectivity index (χ4v) is 3.64. The molecule has 2 bridgehead atoms. The summed E-state index contributed by atoms with van der Waals surface area (Å²) in [6, 6.07) is 1.43. The summed E-state index contributed by atoms with van der Waals surface area (Å²) in [4.78, 5) is 9.32. The number of likely N-dealkylation sites (N-methyl/N-ethyl adjacent to an activating group) is 1. The third-order valence-corrected chi connectivity index (χ3v) is 5.67. The maximum Gasteiger partial charge on any atom is 0.128 e. The zero-order chi connectivity index (χ0) is 15.1. The molecule has 3 heterocycles. The summed E-state index contributed by atoms with van der Waals surface area (Å²) < 4.78 is 0. The van der Waals surface area contributed by atoms with E-state index in [0.717, 1.165) is 24.8 Å². The van der Waals surface area contributed by atoms with Gasteiger partial charge in [-0.25, -0.2) is 4.99 Å². The number of piperidine rings is 1. The van der Waals surface area contributed by atoms with Gasteiger partial charge in [0.2, 0.25) is 0 Å². The summed E-state index contributed by atoms with van der Waals surface area (Å²) in [6.45, 7) is 12.9. The van der Waals surface area contributed by atoms with Crippen LogP contribution in [0.1, 0.15) is 40.0 Å². The third kappa shape index (κ3) is 2.80. The quantitative estimate of drug-likeness (QED) is 0.571. The predicted molar refractivity (Wildman–Crippen MR) is 89.4 cm³/mol. The second-order valence-corrected chi connectivity index (χ2v) is 7.34. The van der Waals surface area contributed by atoms with Gasteiger partial charge in [-0.1, -0.05) is 19.4 Å². The fourth-order valence-electron chi connectivity index (χ4n) is 3.64. The highest BCUT2D eigenvalue weighted by Crippen LogP contribution is 2.41. The summed E-state index contributed by atoms with van der Waals surface area (Å²) in [5, 5.41) is 0. The Labute approximate surface area is 129 Å². The highest BCUT2D eigenvalue weighted by Gasteiger charge is 2.42. The van der Waals surface area contributed by atoms with E-state index in [2.05, 4.69) is 55.4 Å². The Morgan fingerprint density at radius 3 is 2.29 bits per heavy atom. The SMILES string of the molecule is C=N/C(=C\C(=C(/C)C(C)C)C1CC1)N1CC2CC(C1)N2C. The van der Waals surface area contributed by atoms with Crippen molar-refractivity contribution in [1.82, 2.24) is 9.80 Å². The minimum absolute atomic E-state index is 0.615. The molecule has 0 N–H and O–H groups in total. The third-order valence-electron chi connectivity index (χ3n) is 5.67. The fraction of sp³-hybridized carbons (Fsp3) is 0.722. The van der Waals surface area contributed by atoms with Gasteiger partial charge in [0.25, 0.3) is 0 Å². The first kappa shape index (κ1) is 14.8. The topological polar surface area (TPSA) is 18.8 Å². The smallest absolute Gasteiger partial charge is 0.128 e. The van der Waals surface area contributed by atoms with Crippen molar-refractivity contribution in [3.05, 3.63) is 23.0 Å². The van der Waals surface area contributed by atoms with Gasteiger partial charge in [0.05, 0.1) is 0 Å². The molecule has 0 aromatic carbocycles. The molecule has 21 heavy (non-hydrogen) atoms. The lowest BCUT2D eigenvalue weighted by molar-refractivity contribution is -0.0381. The molecule has 0 amide bonds. The van der Waals surface area contributed by atoms with Crippen LogP contribution in [0.5, 0.6) is 0 Å². The largest absolute Gasteiger partial charge is 0.353 e. The molecule has 0 radical (unpaired) electrons. The van der Waals surface area contributed by atoms with E-state index in [4.69, 9.17) is 0 Å². The second kappa shape index (κ2) is 5.60. The molecule has 0 spiro atoms. The van der Waals surface area contributed by atoms with Crippen LogP contribution >= 0.6 is 0 Å². The zero-order valence-corrected chi connectivity index (χ0v) is 14.0. The molecule has 3 heteroatoms. The van der Waals surface area contributed by atoms with Crippen LogP contribution in [-0.2, 0) is 0 Å². The van der Waals surface area contributed by atoms with E-state index in [0.29, 0.717) is 18.0 Å². The molecule has 3 saturated heterocycles. The maximum atomic E-state index is 4.37. The van der Waals surface area contributed by atoms with Crippen molar-refractivity contribution < 1.29 is 0 Å². The lowest BCUT2D eigenvalue weighted by Crippen LogP contribution is -2.66. The Balaban J connectivity index is 1.81. The van der Waals surface area contributed by atoms with Crippen LogP contribution < -0.4 is 0 Å². The molecule has 0 aromatic rings. The van der Waals surface area contributed by atoms with Crippen LogP contribution in [0, 0.1) is 11.8 Å². The van der Waals surface area contributed by atoms with Crippen molar-refractivity contribution in [2.75, 3.05) is 20.1 Å². The maximum absolute atomic E-state index is 4.37. The van der Waals surface area contributed by atoms with Crippen molar-refractivity contribution >= 4 is 6.72 Å². The Kier molecular flexibility index (Phi) is 3.96. The first-order chi connectivity index (χ1) is 10.0. The van der Waals surface area contributed by atoms with Gasteiger partial charge < -0.3 is 4.90 Å². The van der Waals surface area contributed by atoms with Crippen LogP contribution in [0.2, 0.25) is 0 Å². The number of piperazine rings is 1. The Bertz CT molecular complexity index is 473. The van der Waals surface area contributed by atoms with Gasteiger partial charge in [-0.05, 0) is 63.4 Å². The molecule has 4 rings (SSSR count). The monoisotopic (exact) mass is 287 g/mol. The van der Waals surface area contributed by atoms with Crippen molar-refractivity contribution in [2.24, 2.45) is 16.8 Å². The number of allylic oxidation sites excluding steroid dienone is 3. The van der Waals surface area contributed by atoms with E-state index < -0.39 is 0 Å². The Morgan fingerprint density at radius 1 is 1.24 bits per heavy atom. The molecule has 3 nitrogen and oxygen atoms in total. The van der Waals surface area contributed by atoms with Gasteiger partial charge in [0.15, 0.2) is 0 Å². The molecule has 116 valence electrons. The molecular weight excluding hydrogens is 258 g/mol. The van der Waals surface area contributed by atoms with Gasteiger partial charge in [0, 0.05) is 25.2 Å². The summed E-state index contributed by atoms with van der Waals surface area (Å²) >= 11 is 0. The Morgan fingerprint density at radius 2 is 1.86 bits per heavy atom. The van der Waals surface area contributed by atoms with E-state index >= 15 is 0 Å². The molecule has 4 aliphatic rings. The number of nitrogens with zero attached hydrogens (tertiary/aromatic N) is 3. The minimum Gasteiger partial charge on any atom is -0.353 e. The van der Waals surface area contributed by atoms with Gasteiger partial charge in [-0.3, -0.25) is 4.90 Å². The van der Waals surface area contributed by atoms with E-state index in [9.17, 15) is 0 Å². The highest BCUT2D eigenvalue weighted by atomic mass is 15.4.